The second kappa shape index (κ2) is 10.3. The van der Waals surface area contributed by atoms with Crippen LogP contribution in [0.1, 0.15) is 39.0 Å². The molecule has 1 amide bonds. The van der Waals surface area contributed by atoms with Crippen molar-refractivity contribution in [2.75, 3.05) is 18.6 Å². The summed E-state index contributed by atoms with van der Waals surface area (Å²) in [6.45, 7) is 2.81. The van der Waals surface area contributed by atoms with Gasteiger partial charge in [-0.15, -0.1) is 0 Å². The van der Waals surface area contributed by atoms with Gasteiger partial charge < -0.3 is 11.1 Å². The Kier molecular flexibility index (Phi) is 10.2. The number of unbranched alkanes of at least 4 members (excludes halogenated alkanes) is 2. The molecule has 4 heteroatoms. The molecule has 0 unspecified atom stereocenters. The molecule has 0 heterocycles. The van der Waals surface area contributed by atoms with Gasteiger partial charge in [0.25, 0.3) is 0 Å². The van der Waals surface area contributed by atoms with Crippen molar-refractivity contribution in [2.45, 2.75) is 45.1 Å². The van der Waals surface area contributed by atoms with Crippen LogP contribution in [0.5, 0.6) is 0 Å². The second-order valence-electron chi connectivity index (χ2n) is 3.74. The van der Waals surface area contributed by atoms with E-state index < -0.39 is 0 Å². The Labute approximate surface area is 97.6 Å². The normalized spacial score (nSPS) is 12.5. The Morgan fingerprint density at radius 2 is 2.13 bits per heavy atom. The van der Waals surface area contributed by atoms with Gasteiger partial charge in [0.1, 0.15) is 0 Å². The zero-order valence-electron chi connectivity index (χ0n) is 9.92. The number of hydrogen-bond donors (Lipinski definition) is 2. The highest BCUT2D eigenvalue weighted by Gasteiger charge is 2.10. The van der Waals surface area contributed by atoms with E-state index in [0.29, 0.717) is 0 Å². The quantitative estimate of drug-likeness (QED) is 0.596. The van der Waals surface area contributed by atoms with E-state index >= 15 is 0 Å². The van der Waals surface area contributed by atoms with Crippen molar-refractivity contribution >= 4 is 17.7 Å². The fourth-order valence-electron chi connectivity index (χ4n) is 1.33. The Bertz CT molecular complexity index is 165. The first-order chi connectivity index (χ1) is 7.22. The molecule has 3 N–H and O–H groups in total. The largest absolute Gasteiger partial charge is 0.355 e. The standard InChI is InChI=1S/C11H24N2OS/c1-3-7-10(12)11(14)13-8-5-4-6-9-15-2/h10H,3-9,12H2,1-2H3,(H,13,14)/t10-/m0/s1. The summed E-state index contributed by atoms with van der Waals surface area (Å²) in [6, 6.07) is -0.318. The first-order valence-electron chi connectivity index (χ1n) is 5.74. The summed E-state index contributed by atoms with van der Waals surface area (Å²) in [5.74, 6) is 1.21. The predicted octanol–water partition coefficient (Wildman–Crippen LogP) is 1.76. The van der Waals surface area contributed by atoms with Crippen LogP contribution in [-0.2, 0) is 4.79 Å². The van der Waals surface area contributed by atoms with E-state index in [0.717, 1.165) is 25.8 Å². The summed E-state index contributed by atoms with van der Waals surface area (Å²) in [5.41, 5.74) is 5.67. The van der Waals surface area contributed by atoms with Crippen molar-refractivity contribution in [3.05, 3.63) is 0 Å². The minimum Gasteiger partial charge on any atom is -0.355 e. The number of rotatable bonds is 9. The average molecular weight is 232 g/mol. The lowest BCUT2D eigenvalue weighted by Gasteiger charge is -2.10. The molecule has 15 heavy (non-hydrogen) atoms. The van der Waals surface area contributed by atoms with Crippen LogP contribution >= 0.6 is 11.8 Å². The van der Waals surface area contributed by atoms with E-state index in [1.54, 1.807) is 0 Å². The molecule has 1 atom stereocenters. The third-order valence-corrected chi connectivity index (χ3v) is 2.96. The average Bonchev–Trinajstić information content (AvgIpc) is 2.23. The summed E-state index contributed by atoms with van der Waals surface area (Å²) < 4.78 is 0. The first-order valence-corrected chi connectivity index (χ1v) is 7.14. The van der Waals surface area contributed by atoms with Crippen molar-refractivity contribution in [1.29, 1.82) is 0 Å². The highest BCUT2D eigenvalue weighted by atomic mass is 32.2. The number of nitrogens with two attached hydrogens (primary N) is 1. The molecule has 0 aromatic rings. The molecule has 0 rings (SSSR count). The molecular formula is C11H24N2OS. The van der Waals surface area contributed by atoms with Crippen LogP contribution in [0.25, 0.3) is 0 Å². The molecule has 0 saturated carbocycles. The van der Waals surface area contributed by atoms with Crippen molar-refractivity contribution in [3.8, 4) is 0 Å². The lowest BCUT2D eigenvalue weighted by atomic mass is 10.1. The number of nitrogens with one attached hydrogen (secondary N) is 1. The van der Waals surface area contributed by atoms with Gasteiger partial charge in [0.15, 0.2) is 0 Å². The van der Waals surface area contributed by atoms with Gasteiger partial charge in [-0.05, 0) is 31.3 Å². The number of hydrogen-bond acceptors (Lipinski definition) is 3. The van der Waals surface area contributed by atoms with Crippen molar-refractivity contribution < 1.29 is 4.79 Å². The molecule has 3 nitrogen and oxygen atoms in total. The van der Waals surface area contributed by atoms with Gasteiger partial charge in [-0.2, -0.15) is 11.8 Å². The lowest BCUT2D eigenvalue weighted by Crippen LogP contribution is -2.40. The van der Waals surface area contributed by atoms with E-state index in [2.05, 4.69) is 11.6 Å². The highest BCUT2D eigenvalue weighted by molar-refractivity contribution is 7.98. The van der Waals surface area contributed by atoms with Gasteiger partial charge in [-0.25, -0.2) is 0 Å². The smallest absolute Gasteiger partial charge is 0.236 e. The van der Waals surface area contributed by atoms with Crippen molar-refractivity contribution in [2.24, 2.45) is 5.73 Å². The van der Waals surface area contributed by atoms with Crippen LogP contribution in [-0.4, -0.2) is 30.5 Å². The predicted molar refractivity (Wildman–Crippen MR) is 68.1 cm³/mol. The van der Waals surface area contributed by atoms with Gasteiger partial charge in [0.05, 0.1) is 6.04 Å². The number of carbonyl (C=O) groups excluding carboxylic acids is 1. The topological polar surface area (TPSA) is 55.1 Å². The van der Waals surface area contributed by atoms with Gasteiger partial charge >= 0.3 is 0 Å². The molecule has 0 aromatic heterocycles. The zero-order chi connectivity index (χ0) is 11.5. The summed E-state index contributed by atoms with van der Waals surface area (Å²) >= 11 is 1.87. The van der Waals surface area contributed by atoms with Gasteiger partial charge in [0.2, 0.25) is 5.91 Å². The second-order valence-corrected chi connectivity index (χ2v) is 4.73. The van der Waals surface area contributed by atoms with Gasteiger partial charge in [-0.3, -0.25) is 4.79 Å². The highest BCUT2D eigenvalue weighted by Crippen LogP contribution is 2.01. The van der Waals surface area contributed by atoms with Crippen LogP contribution in [0.15, 0.2) is 0 Å². The van der Waals surface area contributed by atoms with Crippen LogP contribution in [0.3, 0.4) is 0 Å². The minimum absolute atomic E-state index is 0.00159. The molecule has 90 valence electrons. The first kappa shape index (κ1) is 14.8. The van der Waals surface area contributed by atoms with Crippen molar-refractivity contribution in [3.63, 3.8) is 0 Å². The molecule has 0 aliphatic heterocycles. The van der Waals surface area contributed by atoms with E-state index in [4.69, 9.17) is 5.73 Å². The van der Waals surface area contributed by atoms with Crippen LogP contribution in [0, 0.1) is 0 Å². The molecule has 0 spiro atoms. The zero-order valence-corrected chi connectivity index (χ0v) is 10.7. The molecule has 0 saturated heterocycles. The van der Waals surface area contributed by atoms with Crippen LogP contribution in [0.4, 0.5) is 0 Å². The van der Waals surface area contributed by atoms with E-state index in [1.807, 2.05) is 18.7 Å². The molecule has 0 fully saturated rings. The Hall–Kier alpha value is -0.220. The van der Waals surface area contributed by atoms with E-state index in [9.17, 15) is 4.79 Å². The van der Waals surface area contributed by atoms with E-state index in [-0.39, 0.29) is 11.9 Å². The Balaban J connectivity index is 3.30. The summed E-state index contributed by atoms with van der Waals surface area (Å²) in [5, 5.41) is 2.87. The maximum atomic E-state index is 11.4. The van der Waals surface area contributed by atoms with Gasteiger partial charge in [-0.1, -0.05) is 19.8 Å². The summed E-state index contributed by atoms with van der Waals surface area (Å²) in [7, 11) is 0. The number of amides is 1. The Morgan fingerprint density at radius 1 is 1.40 bits per heavy atom. The maximum Gasteiger partial charge on any atom is 0.236 e. The third kappa shape index (κ3) is 8.75. The Morgan fingerprint density at radius 3 is 2.73 bits per heavy atom. The molecule has 0 aromatic carbocycles. The summed E-state index contributed by atoms with van der Waals surface area (Å²) in [4.78, 5) is 11.4. The fourth-order valence-corrected chi connectivity index (χ4v) is 1.83. The van der Waals surface area contributed by atoms with Gasteiger partial charge in [0, 0.05) is 6.54 Å². The fraction of sp³-hybridized carbons (Fsp3) is 0.909. The molecular weight excluding hydrogens is 208 g/mol. The molecule has 0 aliphatic rings. The number of thioether (sulfide) groups is 1. The monoisotopic (exact) mass is 232 g/mol. The molecule has 0 radical (unpaired) electrons. The minimum atomic E-state index is -0.318. The SMILES string of the molecule is CCC[C@H](N)C(=O)NCCCCCSC. The van der Waals surface area contributed by atoms with E-state index in [1.165, 1.54) is 18.6 Å². The van der Waals surface area contributed by atoms with Crippen molar-refractivity contribution in [1.82, 2.24) is 5.32 Å². The lowest BCUT2D eigenvalue weighted by molar-refractivity contribution is -0.122. The maximum absolute atomic E-state index is 11.4. The van der Waals surface area contributed by atoms with Crippen LogP contribution in [0.2, 0.25) is 0 Å². The summed E-state index contributed by atoms with van der Waals surface area (Å²) in [6.07, 6.45) is 7.33. The van der Waals surface area contributed by atoms with Crippen LogP contribution < -0.4 is 11.1 Å². The number of carbonyl (C=O) groups is 1. The molecule has 0 bridgehead atoms. The molecule has 0 aliphatic carbocycles. The third-order valence-electron chi connectivity index (χ3n) is 2.26.